The van der Waals surface area contributed by atoms with Gasteiger partial charge in [0.2, 0.25) is 0 Å². The molecule has 0 spiro atoms. The summed E-state index contributed by atoms with van der Waals surface area (Å²) in [5.74, 6) is 0. The summed E-state index contributed by atoms with van der Waals surface area (Å²) in [5, 5.41) is 0. The molecular formula is H2O3SiZnZr. The van der Waals surface area contributed by atoms with Gasteiger partial charge in [-0.05, 0) is 0 Å². The van der Waals surface area contributed by atoms with Gasteiger partial charge in [-0.2, -0.15) is 0 Å². The van der Waals surface area contributed by atoms with Crippen LogP contribution in [0.25, 0.3) is 0 Å². The van der Waals surface area contributed by atoms with Crippen molar-refractivity contribution in [1.82, 2.24) is 0 Å². The molecule has 6 heteroatoms. The average molecular weight is 235 g/mol. The maximum Gasteiger partial charge on any atom is 0.761 e. The maximum absolute atomic E-state index is 8.74. The Morgan fingerprint density at radius 3 is 1.33 bits per heavy atom. The van der Waals surface area contributed by atoms with Crippen molar-refractivity contribution in [2.75, 3.05) is 0 Å². The van der Waals surface area contributed by atoms with Gasteiger partial charge in [0.15, 0.2) is 0 Å². The minimum Gasteiger partial charge on any atom is -0.511 e. The maximum atomic E-state index is 8.74. The second kappa shape index (κ2) is 9.45. The van der Waals surface area contributed by atoms with Gasteiger partial charge in [-0.25, -0.2) is 0 Å². The van der Waals surface area contributed by atoms with E-state index < -0.39 is 9.17 Å². The van der Waals surface area contributed by atoms with Gasteiger partial charge in [0.25, 0.3) is 0 Å². The Bertz CT molecular complexity index is 33.8. The minimum absolute atomic E-state index is 0. The van der Waals surface area contributed by atoms with Crippen LogP contribution in [0, 0.1) is 0 Å². The topological polar surface area (TPSA) is 57.5 Å². The summed E-state index contributed by atoms with van der Waals surface area (Å²) in [4.78, 5) is 14.3. The third-order valence-corrected chi connectivity index (χ3v) is 0. The van der Waals surface area contributed by atoms with E-state index in [2.05, 4.69) is 0 Å². The molecule has 0 aromatic heterocycles. The van der Waals surface area contributed by atoms with Gasteiger partial charge in [0.05, 0.1) is 0 Å². The Morgan fingerprint density at radius 1 is 1.33 bits per heavy atom. The number of hydrogen-bond acceptors (Lipinski definition) is 1. The molecule has 0 saturated heterocycles. The van der Waals surface area contributed by atoms with Crippen LogP contribution >= 0.6 is 0 Å². The summed E-state index contributed by atoms with van der Waals surface area (Å²) in [6, 6.07) is 0. The molecule has 3 nitrogen and oxygen atoms in total. The van der Waals surface area contributed by atoms with E-state index >= 15 is 0 Å². The van der Waals surface area contributed by atoms with Crippen molar-refractivity contribution in [3.63, 3.8) is 0 Å². The molecule has 0 radical (unpaired) electrons. The Morgan fingerprint density at radius 2 is 1.33 bits per heavy atom. The second-order valence-electron chi connectivity index (χ2n) is 0.283. The van der Waals surface area contributed by atoms with Crippen LogP contribution in [0.5, 0.6) is 0 Å². The van der Waals surface area contributed by atoms with Gasteiger partial charge in [0, 0.05) is 45.7 Å². The number of rotatable bonds is 0. The van der Waals surface area contributed by atoms with Crippen molar-refractivity contribution in [1.29, 1.82) is 0 Å². The molecule has 2 N–H and O–H groups in total. The molecule has 0 heterocycles. The molecule has 0 aliphatic rings. The van der Waals surface area contributed by atoms with Crippen molar-refractivity contribution in [2.45, 2.75) is 0 Å². The summed E-state index contributed by atoms with van der Waals surface area (Å²) < 4.78 is 8.74. The smallest absolute Gasteiger partial charge is 0.511 e. The first kappa shape index (κ1) is 15.7. The van der Waals surface area contributed by atoms with Crippen LogP contribution in [-0.4, -0.2) is 18.8 Å². The predicted molar refractivity (Wildman–Crippen MR) is 10.9 cm³/mol. The zero-order chi connectivity index (χ0) is 3.58. The summed E-state index contributed by atoms with van der Waals surface area (Å²) in [5.41, 5.74) is 0. The van der Waals surface area contributed by atoms with Gasteiger partial charge >= 0.3 is 9.17 Å². The fourth-order valence-corrected chi connectivity index (χ4v) is 0. The van der Waals surface area contributed by atoms with E-state index in [1.165, 1.54) is 0 Å². The summed E-state index contributed by atoms with van der Waals surface area (Å²) in [7, 11) is -3.13. The van der Waals surface area contributed by atoms with Gasteiger partial charge in [-0.1, -0.05) is 0 Å². The molecule has 0 rings (SSSR count). The number of hydrogen-bond donors (Lipinski definition) is 2. The van der Waals surface area contributed by atoms with E-state index in [1.807, 2.05) is 0 Å². The molecule has 0 aliphatic carbocycles. The van der Waals surface area contributed by atoms with Crippen LogP contribution in [0.15, 0.2) is 0 Å². The Labute approximate surface area is 68.5 Å². The third kappa shape index (κ3) is 69.0. The van der Waals surface area contributed by atoms with Gasteiger partial charge in [-0.3, -0.25) is 4.46 Å². The molecule has 0 fully saturated rings. The zero-order valence-electron chi connectivity index (χ0n) is 3.01. The first-order valence-corrected chi connectivity index (χ1v) is 1.95. The molecule has 0 atom stereocenters. The van der Waals surface area contributed by atoms with E-state index in [9.17, 15) is 0 Å². The van der Waals surface area contributed by atoms with Crippen LogP contribution in [0.4, 0.5) is 0 Å². The molecule has 0 aromatic rings. The van der Waals surface area contributed by atoms with Gasteiger partial charge in [0.1, 0.15) is 0 Å². The van der Waals surface area contributed by atoms with Crippen molar-refractivity contribution >= 4 is 9.17 Å². The molecule has 0 saturated carbocycles. The SMILES string of the molecule is O=[Si](O)O.[Zn].[Zr]. The first-order valence-electron chi connectivity index (χ1n) is 0.651. The van der Waals surface area contributed by atoms with Crippen LogP contribution in [0.3, 0.4) is 0 Å². The van der Waals surface area contributed by atoms with Crippen molar-refractivity contribution in [3.8, 4) is 0 Å². The Balaban J connectivity index is -0.0000000450. The first-order chi connectivity index (χ1) is 1.73. The van der Waals surface area contributed by atoms with Crippen LogP contribution in [-0.2, 0) is 50.1 Å². The van der Waals surface area contributed by atoms with Crippen molar-refractivity contribution in [3.05, 3.63) is 0 Å². The average Bonchev–Trinajstić information content (AvgIpc) is 0.811. The summed E-state index contributed by atoms with van der Waals surface area (Å²) in [6.07, 6.45) is 0. The molecular weight excluding hydrogens is 233 g/mol. The van der Waals surface area contributed by atoms with Crippen LogP contribution in [0.2, 0.25) is 0 Å². The van der Waals surface area contributed by atoms with E-state index in [4.69, 9.17) is 14.1 Å². The van der Waals surface area contributed by atoms with Crippen LogP contribution < -0.4 is 0 Å². The quantitative estimate of drug-likeness (QED) is 0.496. The Hall–Kier alpha value is 1.12. The second-order valence-corrected chi connectivity index (χ2v) is 0.848. The van der Waals surface area contributed by atoms with E-state index in [0.29, 0.717) is 0 Å². The largest absolute Gasteiger partial charge is 0.761 e. The molecule has 6 heavy (non-hydrogen) atoms. The van der Waals surface area contributed by atoms with E-state index in [-0.39, 0.29) is 45.7 Å². The predicted octanol–water partition coefficient (Wildman–Crippen LogP) is -1.62. The van der Waals surface area contributed by atoms with Gasteiger partial charge < -0.3 is 9.59 Å². The molecule has 0 unspecified atom stereocenters. The molecule has 30 valence electrons. The normalized spacial score (nSPS) is 4.00. The summed E-state index contributed by atoms with van der Waals surface area (Å²) >= 11 is 0. The fourth-order valence-electron chi connectivity index (χ4n) is 0. The monoisotopic (exact) mass is 232 g/mol. The molecule has 0 amide bonds. The fraction of sp³-hybridized carbons (Fsp3) is 0. The van der Waals surface area contributed by atoms with Gasteiger partial charge in [-0.15, -0.1) is 0 Å². The summed E-state index contributed by atoms with van der Waals surface area (Å²) in [6.45, 7) is 0. The van der Waals surface area contributed by atoms with Crippen LogP contribution in [0.1, 0.15) is 0 Å². The van der Waals surface area contributed by atoms with Crippen molar-refractivity contribution in [2.24, 2.45) is 0 Å². The third-order valence-electron chi connectivity index (χ3n) is 0. The Kier molecular flexibility index (Phi) is 24.8. The standard InChI is InChI=1S/H2O3Si.Zn.Zr/c1-4(2)3;;/h1-2H;;. The molecule has 0 bridgehead atoms. The minimum atomic E-state index is -3.13. The van der Waals surface area contributed by atoms with Crippen molar-refractivity contribution < 1.29 is 59.7 Å². The molecule has 0 aromatic carbocycles. The van der Waals surface area contributed by atoms with E-state index in [0.717, 1.165) is 0 Å². The van der Waals surface area contributed by atoms with E-state index in [1.54, 1.807) is 0 Å². The zero-order valence-corrected chi connectivity index (χ0v) is 9.43. The molecule has 0 aliphatic heterocycles.